The molecule has 1 aromatic heterocycles. The average molecular weight is 511 g/mol. The highest BCUT2D eigenvalue weighted by Crippen LogP contribution is 2.25. The molecule has 0 atom stereocenters. The topological polar surface area (TPSA) is 62.5 Å². The number of hydrogen-bond acceptors (Lipinski definition) is 5. The van der Waals surface area contributed by atoms with Gasteiger partial charge in [0.05, 0.1) is 5.02 Å². The van der Waals surface area contributed by atoms with Crippen LogP contribution in [0.25, 0.3) is 22.8 Å². The first kappa shape index (κ1) is 23.5. The summed E-state index contributed by atoms with van der Waals surface area (Å²) in [5, 5.41) is 4.74. The molecule has 1 aliphatic heterocycles. The molecule has 0 bridgehead atoms. The van der Waals surface area contributed by atoms with E-state index in [1.54, 1.807) is 23.1 Å². The van der Waals surface area contributed by atoms with E-state index in [0.29, 0.717) is 48.5 Å². The van der Waals surface area contributed by atoms with Gasteiger partial charge in [0.25, 0.3) is 11.8 Å². The number of carbonyl (C=O) groups is 1. The largest absolute Gasteiger partial charge is 0.336 e. The zero-order valence-electron chi connectivity index (χ0n) is 18.6. The number of nitrogens with zero attached hydrogens (tertiary/aromatic N) is 4. The zero-order chi connectivity index (χ0) is 24.4. The first-order valence-corrected chi connectivity index (χ1v) is 11.9. The van der Waals surface area contributed by atoms with Crippen LogP contribution in [0.15, 0.2) is 71.3 Å². The van der Waals surface area contributed by atoms with E-state index >= 15 is 0 Å². The Balaban J connectivity index is 1.21. The molecule has 178 valence electrons. The maximum atomic E-state index is 13.7. The number of piperazine rings is 1. The number of rotatable bonds is 5. The van der Waals surface area contributed by atoms with Crippen molar-refractivity contribution in [2.24, 2.45) is 0 Å². The van der Waals surface area contributed by atoms with Gasteiger partial charge in [-0.1, -0.05) is 52.6 Å². The van der Waals surface area contributed by atoms with E-state index < -0.39 is 5.82 Å². The number of benzene rings is 3. The van der Waals surface area contributed by atoms with Gasteiger partial charge in [-0.3, -0.25) is 9.69 Å². The standard InChI is InChI=1S/C26H21Cl2FN4O2/c27-21-6-2-5-19(14-21)25-30-24(31-35-25)18-4-1-3-17(13-18)16-32-9-11-33(12-10-32)26(34)20-7-8-22(28)23(29)15-20/h1-8,13-15H,9-12,16H2. The van der Waals surface area contributed by atoms with E-state index in [9.17, 15) is 9.18 Å². The Bertz CT molecular complexity index is 1370. The van der Waals surface area contributed by atoms with Crippen molar-refractivity contribution in [3.05, 3.63) is 93.7 Å². The van der Waals surface area contributed by atoms with Crippen LogP contribution in [-0.4, -0.2) is 52.0 Å². The quantitative estimate of drug-likeness (QED) is 0.339. The molecule has 2 heterocycles. The second-order valence-corrected chi connectivity index (χ2v) is 9.17. The van der Waals surface area contributed by atoms with Crippen LogP contribution in [0.2, 0.25) is 10.0 Å². The van der Waals surface area contributed by atoms with E-state index in [-0.39, 0.29) is 10.9 Å². The Morgan fingerprint density at radius 3 is 2.49 bits per heavy atom. The number of hydrogen-bond donors (Lipinski definition) is 0. The van der Waals surface area contributed by atoms with Crippen molar-refractivity contribution in [2.45, 2.75) is 6.54 Å². The van der Waals surface area contributed by atoms with E-state index in [4.69, 9.17) is 27.7 Å². The molecular weight excluding hydrogens is 490 g/mol. The fourth-order valence-corrected chi connectivity index (χ4v) is 4.38. The molecule has 1 amide bonds. The van der Waals surface area contributed by atoms with Crippen LogP contribution in [-0.2, 0) is 6.54 Å². The number of amides is 1. The van der Waals surface area contributed by atoms with Gasteiger partial charge in [-0.15, -0.1) is 0 Å². The highest BCUT2D eigenvalue weighted by Gasteiger charge is 2.23. The molecule has 9 heteroatoms. The SMILES string of the molecule is O=C(c1ccc(Cl)c(F)c1)N1CCN(Cc2cccc(-c3noc(-c4cccc(Cl)c4)n3)c2)CC1. The monoisotopic (exact) mass is 510 g/mol. The lowest BCUT2D eigenvalue weighted by Crippen LogP contribution is -2.48. The van der Waals surface area contributed by atoms with Crippen molar-refractivity contribution < 1.29 is 13.7 Å². The molecule has 1 aliphatic rings. The Kier molecular flexibility index (Phi) is 6.81. The zero-order valence-corrected chi connectivity index (χ0v) is 20.1. The molecule has 0 unspecified atom stereocenters. The summed E-state index contributed by atoms with van der Waals surface area (Å²) in [6.07, 6.45) is 0. The highest BCUT2D eigenvalue weighted by molar-refractivity contribution is 6.31. The van der Waals surface area contributed by atoms with Crippen molar-refractivity contribution in [2.75, 3.05) is 26.2 Å². The molecule has 0 N–H and O–H groups in total. The van der Waals surface area contributed by atoms with Crippen LogP contribution in [0, 0.1) is 5.82 Å². The minimum absolute atomic E-state index is 0.00936. The molecule has 35 heavy (non-hydrogen) atoms. The lowest BCUT2D eigenvalue weighted by atomic mass is 10.1. The van der Waals surface area contributed by atoms with Crippen molar-refractivity contribution in [1.29, 1.82) is 0 Å². The third-order valence-electron chi connectivity index (χ3n) is 5.92. The number of carbonyl (C=O) groups excluding carboxylic acids is 1. The van der Waals surface area contributed by atoms with Crippen LogP contribution in [0.4, 0.5) is 4.39 Å². The summed E-state index contributed by atoms with van der Waals surface area (Å²) in [4.78, 5) is 21.3. The van der Waals surface area contributed by atoms with Gasteiger partial charge in [0.15, 0.2) is 0 Å². The molecule has 0 aliphatic carbocycles. The molecule has 6 nitrogen and oxygen atoms in total. The first-order chi connectivity index (χ1) is 17.0. The lowest BCUT2D eigenvalue weighted by molar-refractivity contribution is 0.0628. The molecule has 0 spiro atoms. The summed E-state index contributed by atoms with van der Waals surface area (Å²) < 4.78 is 19.2. The number of aromatic nitrogens is 2. The lowest BCUT2D eigenvalue weighted by Gasteiger charge is -2.34. The van der Waals surface area contributed by atoms with Gasteiger partial charge < -0.3 is 9.42 Å². The molecule has 0 saturated carbocycles. The summed E-state index contributed by atoms with van der Waals surface area (Å²) in [5.41, 5.74) is 3.04. The van der Waals surface area contributed by atoms with Crippen LogP contribution < -0.4 is 0 Å². The van der Waals surface area contributed by atoms with E-state index in [2.05, 4.69) is 21.1 Å². The maximum Gasteiger partial charge on any atom is 0.258 e. The van der Waals surface area contributed by atoms with Gasteiger partial charge in [-0.2, -0.15) is 4.98 Å². The van der Waals surface area contributed by atoms with Gasteiger partial charge in [0.2, 0.25) is 5.82 Å². The van der Waals surface area contributed by atoms with Crippen LogP contribution in [0.3, 0.4) is 0 Å². The fourth-order valence-electron chi connectivity index (χ4n) is 4.07. The predicted molar refractivity (Wildman–Crippen MR) is 133 cm³/mol. The second kappa shape index (κ2) is 10.2. The van der Waals surface area contributed by atoms with E-state index in [1.807, 2.05) is 30.3 Å². The van der Waals surface area contributed by atoms with Crippen molar-refractivity contribution in [3.63, 3.8) is 0 Å². The molecular formula is C26H21Cl2FN4O2. The summed E-state index contributed by atoms with van der Waals surface area (Å²) >= 11 is 11.8. The molecule has 4 aromatic rings. The van der Waals surface area contributed by atoms with Crippen LogP contribution >= 0.6 is 23.2 Å². The fraction of sp³-hybridized carbons (Fsp3) is 0.192. The Morgan fingerprint density at radius 1 is 0.943 bits per heavy atom. The average Bonchev–Trinajstić information content (AvgIpc) is 3.37. The Labute approximate surface area is 211 Å². The van der Waals surface area contributed by atoms with Gasteiger partial charge in [0.1, 0.15) is 5.82 Å². The smallest absolute Gasteiger partial charge is 0.258 e. The molecule has 3 aromatic carbocycles. The van der Waals surface area contributed by atoms with Crippen molar-refractivity contribution >= 4 is 29.1 Å². The van der Waals surface area contributed by atoms with Crippen LogP contribution in [0.5, 0.6) is 0 Å². The highest BCUT2D eigenvalue weighted by atomic mass is 35.5. The third-order valence-corrected chi connectivity index (χ3v) is 6.46. The normalized spacial score (nSPS) is 14.3. The molecule has 0 radical (unpaired) electrons. The molecule has 1 saturated heterocycles. The van der Waals surface area contributed by atoms with Crippen LogP contribution in [0.1, 0.15) is 15.9 Å². The second-order valence-electron chi connectivity index (χ2n) is 8.33. The summed E-state index contributed by atoms with van der Waals surface area (Å²) in [6, 6.07) is 19.4. The molecule has 1 fully saturated rings. The Morgan fingerprint density at radius 2 is 1.71 bits per heavy atom. The maximum absolute atomic E-state index is 13.7. The summed E-state index contributed by atoms with van der Waals surface area (Å²) in [6.45, 7) is 3.29. The van der Waals surface area contributed by atoms with Gasteiger partial charge in [-0.25, -0.2) is 4.39 Å². The van der Waals surface area contributed by atoms with E-state index in [0.717, 1.165) is 23.2 Å². The summed E-state index contributed by atoms with van der Waals surface area (Å²) in [7, 11) is 0. The minimum atomic E-state index is -0.586. The Hall–Kier alpha value is -3.26. The first-order valence-electron chi connectivity index (χ1n) is 11.1. The third kappa shape index (κ3) is 5.37. The van der Waals surface area contributed by atoms with Crippen molar-refractivity contribution in [1.82, 2.24) is 19.9 Å². The predicted octanol–water partition coefficient (Wildman–Crippen LogP) is 5.81. The summed E-state index contributed by atoms with van der Waals surface area (Å²) in [5.74, 6) is 0.147. The van der Waals surface area contributed by atoms with E-state index in [1.165, 1.54) is 12.1 Å². The number of halogens is 3. The van der Waals surface area contributed by atoms with Crippen molar-refractivity contribution in [3.8, 4) is 22.8 Å². The minimum Gasteiger partial charge on any atom is -0.336 e. The van der Waals surface area contributed by atoms with Gasteiger partial charge >= 0.3 is 0 Å². The van der Waals surface area contributed by atoms with Gasteiger partial charge in [-0.05, 0) is 48.0 Å². The molecule has 5 rings (SSSR count). The van der Waals surface area contributed by atoms with Gasteiger partial charge in [0, 0.05) is 54.4 Å².